The lowest BCUT2D eigenvalue weighted by molar-refractivity contribution is -0.140. The zero-order valence-electron chi connectivity index (χ0n) is 10.3. The molecule has 0 bridgehead atoms. The van der Waals surface area contributed by atoms with Gasteiger partial charge in [-0.2, -0.15) is 11.8 Å². The van der Waals surface area contributed by atoms with Gasteiger partial charge in [-0.1, -0.05) is 24.0 Å². The van der Waals surface area contributed by atoms with Crippen molar-refractivity contribution in [2.75, 3.05) is 19.5 Å². The summed E-state index contributed by atoms with van der Waals surface area (Å²) in [5, 5.41) is 8.58. The number of carbonyl (C=O) groups excluding carboxylic acids is 1. The van der Waals surface area contributed by atoms with Crippen LogP contribution in [0, 0.1) is 11.8 Å². The van der Waals surface area contributed by atoms with Crippen molar-refractivity contribution in [2.45, 2.75) is 12.2 Å². The van der Waals surface area contributed by atoms with Gasteiger partial charge >= 0.3 is 5.97 Å². The van der Waals surface area contributed by atoms with Gasteiger partial charge in [-0.05, 0) is 17.7 Å². The SMILES string of the molecule is COC(=O)CCSCc1ccc(C#CCO)cc1. The molecule has 0 saturated heterocycles. The molecule has 0 aliphatic carbocycles. The lowest BCUT2D eigenvalue weighted by Crippen LogP contribution is -2.01. The second kappa shape index (κ2) is 8.62. The fraction of sp³-hybridized carbons (Fsp3) is 0.357. The molecule has 1 N–H and O–H groups in total. The summed E-state index contributed by atoms with van der Waals surface area (Å²) < 4.78 is 4.57. The summed E-state index contributed by atoms with van der Waals surface area (Å²) in [7, 11) is 1.40. The number of aliphatic hydroxyl groups excluding tert-OH is 1. The molecule has 1 aromatic rings. The van der Waals surface area contributed by atoms with E-state index in [0.29, 0.717) is 6.42 Å². The highest BCUT2D eigenvalue weighted by Gasteiger charge is 2.00. The van der Waals surface area contributed by atoms with Gasteiger partial charge in [0.15, 0.2) is 0 Å². The van der Waals surface area contributed by atoms with Crippen LogP contribution in [0.5, 0.6) is 0 Å². The summed E-state index contributed by atoms with van der Waals surface area (Å²) in [6.45, 7) is -0.120. The molecule has 0 fully saturated rings. The summed E-state index contributed by atoms with van der Waals surface area (Å²) in [6.07, 6.45) is 0.446. The number of aliphatic hydroxyl groups is 1. The van der Waals surface area contributed by atoms with E-state index in [-0.39, 0.29) is 12.6 Å². The van der Waals surface area contributed by atoms with E-state index >= 15 is 0 Å². The van der Waals surface area contributed by atoms with Gasteiger partial charge in [-0.15, -0.1) is 0 Å². The maximum atomic E-state index is 10.9. The molecule has 0 amide bonds. The molecule has 4 heteroatoms. The Labute approximate surface area is 112 Å². The van der Waals surface area contributed by atoms with Crippen LogP contribution < -0.4 is 0 Å². The van der Waals surface area contributed by atoms with Crippen LogP contribution in [0.15, 0.2) is 24.3 Å². The Bertz CT molecular complexity index is 429. The highest BCUT2D eigenvalue weighted by atomic mass is 32.2. The fourth-order valence-corrected chi connectivity index (χ4v) is 2.16. The molecular weight excluding hydrogens is 248 g/mol. The Hall–Kier alpha value is -1.44. The highest BCUT2D eigenvalue weighted by Crippen LogP contribution is 2.14. The molecular formula is C14H16O3S. The van der Waals surface area contributed by atoms with E-state index in [4.69, 9.17) is 5.11 Å². The molecule has 0 saturated carbocycles. The topological polar surface area (TPSA) is 46.5 Å². The number of carbonyl (C=O) groups is 1. The van der Waals surface area contributed by atoms with Crippen molar-refractivity contribution < 1.29 is 14.6 Å². The van der Waals surface area contributed by atoms with Crippen molar-refractivity contribution in [3.05, 3.63) is 35.4 Å². The Morgan fingerprint density at radius 2 is 2.11 bits per heavy atom. The van der Waals surface area contributed by atoms with Gasteiger partial charge in [0.2, 0.25) is 0 Å². The van der Waals surface area contributed by atoms with Gasteiger partial charge in [-0.25, -0.2) is 0 Å². The van der Waals surface area contributed by atoms with Crippen molar-refractivity contribution in [3.8, 4) is 11.8 Å². The van der Waals surface area contributed by atoms with Gasteiger partial charge in [0, 0.05) is 17.1 Å². The Kier molecular flexibility index (Phi) is 7.00. The summed E-state index contributed by atoms with van der Waals surface area (Å²) in [6, 6.07) is 7.87. The maximum Gasteiger partial charge on any atom is 0.306 e. The lowest BCUT2D eigenvalue weighted by Gasteiger charge is -2.01. The van der Waals surface area contributed by atoms with Crippen LogP contribution in [0.3, 0.4) is 0 Å². The van der Waals surface area contributed by atoms with E-state index in [1.54, 1.807) is 11.8 Å². The highest BCUT2D eigenvalue weighted by molar-refractivity contribution is 7.98. The summed E-state index contributed by atoms with van der Waals surface area (Å²) in [5.41, 5.74) is 2.09. The summed E-state index contributed by atoms with van der Waals surface area (Å²) in [5.74, 6) is 6.91. The normalized spacial score (nSPS) is 9.44. The first kappa shape index (κ1) is 14.6. The van der Waals surface area contributed by atoms with E-state index in [1.807, 2.05) is 24.3 Å². The maximum absolute atomic E-state index is 10.9. The Balaban J connectivity index is 2.33. The predicted molar refractivity (Wildman–Crippen MR) is 73.2 cm³/mol. The van der Waals surface area contributed by atoms with E-state index in [9.17, 15) is 4.79 Å². The van der Waals surface area contributed by atoms with Gasteiger partial charge in [-0.3, -0.25) is 4.79 Å². The first-order valence-electron chi connectivity index (χ1n) is 5.59. The second-order valence-electron chi connectivity index (χ2n) is 3.54. The Morgan fingerprint density at radius 3 is 2.72 bits per heavy atom. The van der Waals surface area contributed by atoms with Gasteiger partial charge < -0.3 is 9.84 Å². The van der Waals surface area contributed by atoms with Crippen LogP contribution in [0.2, 0.25) is 0 Å². The first-order chi connectivity index (χ1) is 8.76. The number of methoxy groups -OCH3 is 1. The molecule has 0 heterocycles. The van der Waals surface area contributed by atoms with Crippen LogP contribution in [0.1, 0.15) is 17.5 Å². The van der Waals surface area contributed by atoms with Gasteiger partial charge in [0.05, 0.1) is 13.5 Å². The predicted octanol–water partition coefficient (Wildman–Crippen LogP) is 1.83. The van der Waals surface area contributed by atoms with Crippen molar-refractivity contribution in [1.82, 2.24) is 0 Å². The summed E-state index contributed by atoms with van der Waals surface area (Å²) >= 11 is 1.70. The van der Waals surface area contributed by atoms with Crippen molar-refractivity contribution in [3.63, 3.8) is 0 Å². The smallest absolute Gasteiger partial charge is 0.306 e. The molecule has 0 unspecified atom stereocenters. The van der Waals surface area contributed by atoms with Crippen LogP contribution >= 0.6 is 11.8 Å². The second-order valence-corrected chi connectivity index (χ2v) is 4.64. The van der Waals surface area contributed by atoms with E-state index in [2.05, 4.69) is 16.6 Å². The molecule has 0 spiro atoms. The number of thioether (sulfide) groups is 1. The van der Waals surface area contributed by atoms with Crippen LogP contribution in [-0.2, 0) is 15.3 Å². The van der Waals surface area contributed by atoms with E-state index in [0.717, 1.165) is 17.1 Å². The van der Waals surface area contributed by atoms with Crippen LogP contribution in [0.4, 0.5) is 0 Å². The Morgan fingerprint density at radius 1 is 1.39 bits per heavy atom. The third-order valence-corrected chi connectivity index (χ3v) is 3.24. The monoisotopic (exact) mass is 264 g/mol. The number of hydrogen-bond donors (Lipinski definition) is 1. The zero-order valence-corrected chi connectivity index (χ0v) is 11.1. The molecule has 1 aromatic carbocycles. The third-order valence-electron chi connectivity index (χ3n) is 2.21. The van der Waals surface area contributed by atoms with Crippen molar-refractivity contribution in [1.29, 1.82) is 0 Å². The molecule has 3 nitrogen and oxygen atoms in total. The minimum absolute atomic E-state index is 0.120. The summed E-state index contributed by atoms with van der Waals surface area (Å²) in [4.78, 5) is 10.9. The van der Waals surface area contributed by atoms with Gasteiger partial charge in [0.1, 0.15) is 6.61 Å². The molecule has 0 aliphatic heterocycles. The standard InChI is InChI=1S/C14H16O3S/c1-17-14(16)8-10-18-11-13-6-4-12(5-7-13)3-2-9-15/h4-7,15H,8-11H2,1H3. The minimum atomic E-state index is -0.169. The molecule has 1 rings (SSSR count). The number of rotatable bonds is 5. The molecule has 18 heavy (non-hydrogen) atoms. The van der Waals surface area contributed by atoms with Crippen molar-refractivity contribution >= 4 is 17.7 Å². The average Bonchev–Trinajstić information content (AvgIpc) is 2.42. The molecule has 0 radical (unpaired) electrons. The van der Waals surface area contributed by atoms with E-state index in [1.165, 1.54) is 12.7 Å². The fourth-order valence-electron chi connectivity index (χ4n) is 1.27. The largest absolute Gasteiger partial charge is 0.469 e. The van der Waals surface area contributed by atoms with Gasteiger partial charge in [0.25, 0.3) is 0 Å². The average molecular weight is 264 g/mol. The molecule has 0 atom stereocenters. The quantitative estimate of drug-likeness (QED) is 0.501. The lowest BCUT2D eigenvalue weighted by atomic mass is 10.1. The number of esters is 1. The van der Waals surface area contributed by atoms with Crippen LogP contribution in [0.25, 0.3) is 0 Å². The molecule has 0 aromatic heterocycles. The van der Waals surface area contributed by atoms with Crippen LogP contribution in [-0.4, -0.2) is 30.5 Å². The molecule has 0 aliphatic rings. The minimum Gasteiger partial charge on any atom is -0.469 e. The number of ether oxygens (including phenoxy) is 1. The molecule has 96 valence electrons. The number of benzene rings is 1. The van der Waals surface area contributed by atoms with E-state index < -0.39 is 0 Å². The third kappa shape index (κ3) is 5.76. The zero-order chi connectivity index (χ0) is 13.2. The van der Waals surface area contributed by atoms with Crippen molar-refractivity contribution in [2.24, 2.45) is 0 Å². The number of hydrogen-bond acceptors (Lipinski definition) is 4. The first-order valence-corrected chi connectivity index (χ1v) is 6.75.